The minimum Gasteiger partial charge on any atom is -0.314 e. The molecule has 0 spiro atoms. The minimum atomic E-state index is 0.0855. The predicted octanol–water partition coefficient (Wildman–Crippen LogP) is 12.3. The highest BCUT2D eigenvalue weighted by Gasteiger charge is 2.22. The summed E-state index contributed by atoms with van der Waals surface area (Å²) in [5.74, 6) is 0. The van der Waals surface area contributed by atoms with E-state index in [1.165, 1.54) is 39.3 Å². The quantitative estimate of drug-likeness (QED) is 0.222. The molecule has 0 radical (unpaired) electrons. The second-order valence-electron chi connectivity index (χ2n) is 11.9. The molecule has 0 N–H and O–H groups in total. The molecule has 3 rings (SSSR count). The van der Waals surface area contributed by atoms with Crippen LogP contribution in [0.5, 0.6) is 0 Å². The van der Waals surface area contributed by atoms with Crippen LogP contribution in [0, 0.1) is 20.8 Å². The summed E-state index contributed by atoms with van der Waals surface area (Å²) in [6, 6.07) is 20.2. The molecule has 0 heterocycles. The fourth-order valence-electron chi connectivity index (χ4n) is 5.25. The maximum atomic E-state index is 4.10. The average molecular weight is 612 g/mol. The third-order valence-corrected chi connectivity index (χ3v) is 7.92. The normalized spacial score (nSPS) is 12.7. The highest BCUT2D eigenvalue weighted by Crippen LogP contribution is 2.41. The van der Waals surface area contributed by atoms with Gasteiger partial charge >= 0.3 is 0 Å². The van der Waals surface area contributed by atoms with E-state index in [0.29, 0.717) is 0 Å². The molecular weight excluding hydrogens is 564 g/mol. The number of halogens is 1. The number of hydrogen-bond donors (Lipinski definition) is 0. The van der Waals surface area contributed by atoms with E-state index < -0.39 is 0 Å². The summed E-state index contributed by atoms with van der Waals surface area (Å²) in [6.45, 7) is 26.0. The molecule has 0 amide bonds. The molecule has 0 saturated carbocycles. The van der Waals surface area contributed by atoms with Gasteiger partial charge in [0.25, 0.3) is 0 Å². The highest BCUT2D eigenvalue weighted by molar-refractivity contribution is 9.10. The Morgan fingerprint density at radius 1 is 0.805 bits per heavy atom. The predicted molar refractivity (Wildman–Crippen MR) is 186 cm³/mol. The van der Waals surface area contributed by atoms with Gasteiger partial charge in [0.1, 0.15) is 0 Å². The lowest BCUT2D eigenvalue weighted by Crippen LogP contribution is -2.20. The summed E-state index contributed by atoms with van der Waals surface area (Å²) in [6.07, 6.45) is 9.58. The Hall–Kier alpha value is -3.30. The summed E-state index contributed by atoms with van der Waals surface area (Å²) in [4.78, 5) is 4.76. The van der Waals surface area contributed by atoms with Crippen LogP contribution >= 0.6 is 15.9 Å². The molecule has 41 heavy (non-hydrogen) atoms. The van der Waals surface area contributed by atoms with Crippen LogP contribution in [0.1, 0.15) is 77.1 Å². The molecule has 3 aromatic rings. The third-order valence-electron chi connectivity index (χ3n) is 7.42. The minimum absolute atomic E-state index is 0.0855. The fourth-order valence-corrected chi connectivity index (χ4v) is 5.72. The van der Waals surface area contributed by atoms with E-state index in [-0.39, 0.29) is 5.41 Å². The lowest BCUT2D eigenvalue weighted by Gasteiger charge is -2.32. The van der Waals surface area contributed by atoms with E-state index in [1.54, 1.807) is 0 Å². The van der Waals surface area contributed by atoms with Crippen LogP contribution in [0.2, 0.25) is 0 Å². The molecule has 0 bridgehead atoms. The van der Waals surface area contributed by atoms with Crippen molar-refractivity contribution >= 4 is 38.7 Å². The van der Waals surface area contributed by atoms with Crippen LogP contribution in [-0.2, 0) is 5.41 Å². The smallest absolute Gasteiger partial charge is 0.0520 e. The number of aryl methyl sites for hydroxylation is 3. The number of nitrogens with zero attached hydrogens (tertiary/aromatic N) is 2. The van der Waals surface area contributed by atoms with Gasteiger partial charge in [0.15, 0.2) is 0 Å². The third kappa shape index (κ3) is 7.51. The van der Waals surface area contributed by atoms with Crippen LogP contribution in [0.25, 0.3) is 0 Å². The number of rotatable bonds is 9. The molecule has 216 valence electrons. The molecule has 0 unspecified atom stereocenters. The van der Waals surface area contributed by atoms with E-state index in [0.717, 1.165) is 33.5 Å². The van der Waals surface area contributed by atoms with Gasteiger partial charge in [-0.1, -0.05) is 86.1 Å². The average Bonchev–Trinajstić information content (AvgIpc) is 2.90. The summed E-state index contributed by atoms with van der Waals surface area (Å²) in [5.41, 5.74) is 13.3. The van der Waals surface area contributed by atoms with Crippen molar-refractivity contribution < 1.29 is 0 Å². The van der Waals surface area contributed by atoms with Crippen molar-refractivity contribution in [2.45, 2.75) is 81.1 Å². The van der Waals surface area contributed by atoms with Gasteiger partial charge in [0.2, 0.25) is 0 Å². The van der Waals surface area contributed by atoms with Gasteiger partial charge in [-0.2, -0.15) is 0 Å². The lowest BCUT2D eigenvalue weighted by molar-refractivity contribution is 0.589. The second kappa shape index (κ2) is 13.6. The molecular formula is C38H47BrN2. The monoisotopic (exact) mass is 610 g/mol. The Bertz CT molecular complexity index is 1460. The number of allylic oxidation sites excluding steroid dienone is 6. The zero-order valence-electron chi connectivity index (χ0n) is 26.7. The Morgan fingerprint density at radius 2 is 1.37 bits per heavy atom. The highest BCUT2D eigenvalue weighted by atomic mass is 79.9. The Labute approximate surface area is 257 Å². The van der Waals surface area contributed by atoms with Crippen LogP contribution in [0.4, 0.5) is 22.7 Å². The Balaban J connectivity index is 2.23. The maximum absolute atomic E-state index is 4.10. The van der Waals surface area contributed by atoms with Gasteiger partial charge in [-0.25, -0.2) is 0 Å². The first kappa shape index (κ1) is 32.2. The number of anilines is 4. The number of benzene rings is 3. The summed E-state index contributed by atoms with van der Waals surface area (Å²) >= 11 is 3.63. The molecule has 0 saturated heterocycles. The summed E-state index contributed by atoms with van der Waals surface area (Å²) in [7, 11) is 0. The molecule has 0 atom stereocenters. The lowest BCUT2D eigenvalue weighted by atomic mass is 9.84. The zero-order chi connectivity index (χ0) is 30.5. The first-order valence-corrected chi connectivity index (χ1v) is 15.3. The maximum Gasteiger partial charge on any atom is 0.0520 e. The van der Waals surface area contributed by atoms with Crippen molar-refractivity contribution in [2.75, 3.05) is 9.80 Å². The van der Waals surface area contributed by atoms with Gasteiger partial charge < -0.3 is 9.80 Å². The summed E-state index contributed by atoms with van der Waals surface area (Å²) in [5, 5.41) is 0. The molecule has 0 aliphatic carbocycles. The van der Waals surface area contributed by atoms with Crippen LogP contribution in [0.15, 0.2) is 107 Å². The van der Waals surface area contributed by atoms with Crippen molar-refractivity contribution in [1.29, 1.82) is 0 Å². The van der Waals surface area contributed by atoms with E-state index in [2.05, 4.69) is 174 Å². The van der Waals surface area contributed by atoms with Crippen molar-refractivity contribution in [2.24, 2.45) is 0 Å². The van der Waals surface area contributed by atoms with Crippen LogP contribution in [-0.4, -0.2) is 0 Å². The molecule has 3 aromatic carbocycles. The van der Waals surface area contributed by atoms with Crippen LogP contribution in [0.3, 0.4) is 0 Å². The van der Waals surface area contributed by atoms with Crippen molar-refractivity contribution in [3.05, 3.63) is 129 Å². The van der Waals surface area contributed by atoms with E-state index >= 15 is 0 Å². The molecule has 0 aliphatic rings. The fraction of sp³-hybridized carbons (Fsp3) is 0.316. The largest absolute Gasteiger partial charge is 0.314 e. The number of hydrogen-bond acceptors (Lipinski definition) is 2. The van der Waals surface area contributed by atoms with Gasteiger partial charge in [0.05, 0.1) is 5.69 Å². The van der Waals surface area contributed by atoms with Crippen molar-refractivity contribution in [3.63, 3.8) is 0 Å². The van der Waals surface area contributed by atoms with E-state index in [4.69, 9.17) is 0 Å². The summed E-state index contributed by atoms with van der Waals surface area (Å²) < 4.78 is 1.09. The standard InChI is InChI=1S/C38H47BrN2/c1-12-32(13-2)40(36-22-16-31(39)25-27(36)6)34-18-20-35(21-19-34)41(33(14-3)17-15-26(4)5)37-28(7)23-30(24-29(37)8)38(9,10)11/h12,14-25H,4,13H2,1-3,5-11H3/b17-15-,32-12-,33-14?. The molecule has 2 nitrogen and oxygen atoms in total. The van der Waals surface area contributed by atoms with Gasteiger partial charge in [-0.3, -0.25) is 0 Å². The van der Waals surface area contributed by atoms with Crippen molar-refractivity contribution in [1.82, 2.24) is 0 Å². The second-order valence-corrected chi connectivity index (χ2v) is 12.8. The van der Waals surface area contributed by atoms with Gasteiger partial charge in [-0.05, 0) is 124 Å². The van der Waals surface area contributed by atoms with E-state index in [9.17, 15) is 0 Å². The Morgan fingerprint density at radius 3 is 1.80 bits per heavy atom. The van der Waals surface area contributed by atoms with Gasteiger partial charge in [-0.15, -0.1) is 0 Å². The first-order valence-electron chi connectivity index (χ1n) is 14.6. The van der Waals surface area contributed by atoms with E-state index in [1.807, 2.05) is 6.92 Å². The topological polar surface area (TPSA) is 6.48 Å². The molecule has 3 heteroatoms. The SMILES string of the molecule is C=C(C)/C=C\C(=CC)N(c1ccc(N(/C(=C\C)CC)c2ccc(Br)cc2C)cc1)c1c(C)cc(C(C)(C)C)cc1C. The van der Waals surface area contributed by atoms with Crippen LogP contribution < -0.4 is 9.80 Å². The molecule has 0 aromatic heterocycles. The van der Waals surface area contributed by atoms with Crippen molar-refractivity contribution in [3.8, 4) is 0 Å². The zero-order valence-corrected chi connectivity index (χ0v) is 28.3. The Kier molecular flexibility index (Phi) is 10.7. The van der Waals surface area contributed by atoms with Gasteiger partial charge in [0, 0.05) is 32.9 Å². The first-order chi connectivity index (χ1) is 19.3. The molecule has 0 fully saturated rings. The molecule has 0 aliphatic heterocycles.